The second-order valence-electron chi connectivity index (χ2n) is 18.5. The van der Waals surface area contributed by atoms with Gasteiger partial charge in [0.05, 0.1) is 31.5 Å². The first-order valence-electron chi connectivity index (χ1n) is 19.8. The van der Waals surface area contributed by atoms with Crippen molar-refractivity contribution in [1.82, 2.24) is 0 Å². The molecule has 0 aromatic carbocycles. The first-order chi connectivity index (χ1) is 24.5. The van der Waals surface area contributed by atoms with Crippen LogP contribution in [0.4, 0.5) is 0 Å². The Hall–Kier alpha value is -0.560. The van der Waals surface area contributed by atoms with E-state index in [-0.39, 0.29) is 46.7 Å². The molecule has 0 bridgehead atoms. The van der Waals surface area contributed by atoms with Crippen molar-refractivity contribution < 1.29 is 69.6 Å². The van der Waals surface area contributed by atoms with Crippen LogP contribution in [-0.4, -0.2) is 145 Å². The molecule has 14 heteroatoms. The minimum atomic E-state index is -1.74. The van der Waals surface area contributed by atoms with Crippen LogP contribution < -0.4 is 0 Å². The van der Waals surface area contributed by atoms with Gasteiger partial charge in [0, 0.05) is 18.3 Å². The minimum Gasteiger partial charge on any atom is -0.394 e. The highest BCUT2D eigenvalue weighted by atomic mass is 16.8. The lowest BCUT2D eigenvalue weighted by Crippen LogP contribution is -2.65. The zero-order chi connectivity index (χ0) is 37.7. The van der Waals surface area contributed by atoms with Crippen molar-refractivity contribution in [1.29, 1.82) is 0 Å². The molecule has 4 aliphatic carbocycles. The van der Waals surface area contributed by atoms with E-state index in [1.54, 1.807) is 0 Å². The molecule has 3 heterocycles. The lowest BCUT2D eigenvalue weighted by Gasteiger charge is -2.61. The van der Waals surface area contributed by atoms with Gasteiger partial charge in [-0.15, -0.1) is 0 Å². The van der Waals surface area contributed by atoms with Crippen molar-refractivity contribution in [3.05, 3.63) is 0 Å². The third kappa shape index (κ3) is 6.23. The maximum Gasteiger partial charge on any atom is 0.187 e. The van der Waals surface area contributed by atoms with Crippen LogP contribution in [0.2, 0.25) is 0 Å². The number of hydrogen-bond acceptors (Lipinski definition) is 14. The summed E-state index contributed by atoms with van der Waals surface area (Å²) in [5.74, 6) is 0.245. The third-order valence-electron chi connectivity index (χ3n) is 15.3. The maximum absolute atomic E-state index is 12.0. The topological polar surface area (TPSA) is 228 Å². The standard InChI is InChI=1S/C38H64O14/c1-16(2)13-38(47)17(3)24-32(52-38)28(43)25-20-7-6-18-12-19(8-10-36(18,4)21(20)9-11-37(24,25)5)48-35-33(30(45)27(42)23(15-40)50-35)51-34-31(46)29(44)26(41)22(14-39)49-34/h16-35,39-47H,6-15H2,1-5H3/t17?,18-,19?,20?,21?,22-,23-,24?,25?,26-,27+,28?,29+,30+,31-,32?,33-,34+,35-,36+,37-,38?/m1/s1. The van der Waals surface area contributed by atoms with E-state index in [2.05, 4.69) is 34.6 Å². The van der Waals surface area contributed by atoms with E-state index >= 15 is 0 Å². The van der Waals surface area contributed by atoms with Gasteiger partial charge in [0.15, 0.2) is 18.4 Å². The Morgan fingerprint density at radius 3 is 2.00 bits per heavy atom. The molecule has 3 saturated heterocycles. The molecule has 9 unspecified atom stereocenters. The summed E-state index contributed by atoms with van der Waals surface area (Å²) < 4.78 is 30.3. The average Bonchev–Trinajstić information content (AvgIpc) is 3.49. The summed E-state index contributed by atoms with van der Waals surface area (Å²) in [7, 11) is 0. The lowest BCUT2D eigenvalue weighted by molar-refractivity contribution is -0.373. The van der Waals surface area contributed by atoms with Gasteiger partial charge in [-0.25, -0.2) is 0 Å². The molecular formula is C38H64O14. The summed E-state index contributed by atoms with van der Waals surface area (Å²) in [6, 6.07) is 0. The predicted molar refractivity (Wildman–Crippen MR) is 182 cm³/mol. The summed E-state index contributed by atoms with van der Waals surface area (Å²) >= 11 is 0. The second-order valence-corrected chi connectivity index (χ2v) is 18.5. The van der Waals surface area contributed by atoms with Crippen molar-refractivity contribution in [2.45, 2.75) is 171 Å². The summed E-state index contributed by atoms with van der Waals surface area (Å²) in [4.78, 5) is 0. The van der Waals surface area contributed by atoms with Crippen LogP contribution in [0.5, 0.6) is 0 Å². The summed E-state index contributed by atoms with van der Waals surface area (Å²) in [5.41, 5.74) is -0.117. The monoisotopic (exact) mass is 744 g/mol. The van der Waals surface area contributed by atoms with Crippen LogP contribution in [0.3, 0.4) is 0 Å². The SMILES string of the molecule is CC(C)CC1(O)OC2C(O)C3C4CC[C@@H]5CC(O[C@@H]6O[C@H](CO)[C@H](O)[C@H](O)[C@H]6O[C@@H]6O[C@H](CO)[C@@H](O)[C@H](O)[C@H]6O)CC[C@]5(C)C4CC[C@]3(C)C2C1C. The summed E-state index contributed by atoms with van der Waals surface area (Å²) in [6.45, 7) is 9.75. The van der Waals surface area contributed by atoms with E-state index in [0.717, 1.165) is 32.1 Å². The smallest absolute Gasteiger partial charge is 0.187 e. The van der Waals surface area contributed by atoms with E-state index in [9.17, 15) is 46.0 Å². The van der Waals surface area contributed by atoms with Crippen LogP contribution in [0, 0.1) is 52.3 Å². The van der Waals surface area contributed by atoms with Gasteiger partial charge in [0.25, 0.3) is 0 Å². The maximum atomic E-state index is 12.0. The zero-order valence-corrected chi connectivity index (χ0v) is 31.2. The second kappa shape index (κ2) is 14.4. The van der Waals surface area contributed by atoms with Crippen molar-refractivity contribution >= 4 is 0 Å². The molecule has 22 atom stereocenters. The normalized spacial score (nSPS) is 57.6. The molecule has 0 spiro atoms. The first kappa shape index (κ1) is 39.7. The van der Waals surface area contributed by atoms with Gasteiger partial charge in [-0.2, -0.15) is 0 Å². The van der Waals surface area contributed by atoms with Gasteiger partial charge in [-0.3, -0.25) is 0 Å². The Bertz CT molecular complexity index is 1260. The van der Waals surface area contributed by atoms with E-state index in [0.29, 0.717) is 37.0 Å². The van der Waals surface area contributed by atoms with Crippen LogP contribution in [0.1, 0.15) is 86.0 Å². The zero-order valence-electron chi connectivity index (χ0n) is 31.2. The van der Waals surface area contributed by atoms with E-state index in [1.165, 1.54) is 0 Å². The molecule has 9 N–H and O–H groups in total. The average molecular weight is 745 g/mol. The van der Waals surface area contributed by atoms with Gasteiger partial charge >= 0.3 is 0 Å². The molecule has 7 aliphatic rings. The quantitative estimate of drug-likeness (QED) is 0.149. The highest BCUT2D eigenvalue weighted by molar-refractivity contribution is 5.18. The molecule has 52 heavy (non-hydrogen) atoms. The number of rotatable bonds is 8. The molecule has 14 nitrogen and oxygen atoms in total. The Morgan fingerprint density at radius 1 is 0.712 bits per heavy atom. The van der Waals surface area contributed by atoms with E-state index in [1.807, 2.05) is 0 Å². The predicted octanol–water partition coefficient (Wildman–Crippen LogP) is 0.00490. The molecule has 3 aliphatic heterocycles. The van der Waals surface area contributed by atoms with Gasteiger partial charge < -0.3 is 69.6 Å². The third-order valence-corrected chi connectivity index (χ3v) is 15.3. The molecule has 300 valence electrons. The number of aliphatic hydroxyl groups is 9. The van der Waals surface area contributed by atoms with E-state index in [4.69, 9.17) is 23.7 Å². The molecular weight excluding hydrogens is 680 g/mol. The van der Waals surface area contributed by atoms with Gasteiger partial charge in [0.2, 0.25) is 0 Å². The Kier molecular flexibility index (Phi) is 11.0. The van der Waals surface area contributed by atoms with Gasteiger partial charge in [0.1, 0.15) is 48.8 Å². The molecule has 0 aromatic rings. The fraction of sp³-hybridized carbons (Fsp3) is 1.00. The number of aliphatic hydroxyl groups excluding tert-OH is 8. The van der Waals surface area contributed by atoms with Gasteiger partial charge in [-0.1, -0.05) is 34.6 Å². The minimum absolute atomic E-state index is 0.00930. The van der Waals surface area contributed by atoms with E-state index < -0.39 is 86.5 Å². The van der Waals surface area contributed by atoms with Crippen molar-refractivity contribution in [2.75, 3.05) is 13.2 Å². The van der Waals surface area contributed by atoms with Crippen LogP contribution >= 0.6 is 0 Å². The summed E-state index contributed by atoms with van der Waals surface area (Å²) in [6.07, 6.45) is -9.40. The van der Waals surface area contributed by atoms with Crippen molar-refractivity contribution in [2.24, 2.45) is 52.3 Å². The summed E-state index contributed by atoms with van der Waals surface area (Å²) in [5, 5.41) is 96.1. The van der Waals surface area contributed by atoms with Crippen LogP contribution in [0.25, 0.3) is 0 Å². The number of fused-ring (bicyclic) bond motifs is 7. The van der Waals surface area contributed by atoms with Crippen molar-refractivity contribution in [3.63, 3.8) is 0 Å². The highest BCUT2D eigenvalue weighted by Crippen LogP contribution is 2.71. The largest absolute Gasteiger partial charge is 0.394 e. The molecule has 7 rings (SSSR count). The Labute approximate surface area is 306 Å². The molecule has 0 amide bonds. The number of hydrogen-bond donors (Lipinski definition) is 9. The van der Waals surface area contributed by atoms with Gasteiger partial charge in [-0.05, 0) is 85.4 Å². The molecule has 0 aromatic heterocycles. The molecule has 7 fully saturated rings. The van der Waals surface area contributed by atoms with Crippen LogP contribution in [0.15, 0.2) is 0 Å². The van der Waals surface area contributed by atoms with Crippen molar-refractivity contribution in [3.8, 4) is 0 Å². The fourth-order valence-corrected chi connectivity index (χ4v) is 12.7. The Balaban J connectivity index is 1.05. The highest BCUT2D eigenvalue weighted by Gasteiger charge is 2.71. The fourth-order valence-electron chi connectivity index (χ4n) is 12.7. The molecule has 0 radical (unpaired) electrons. The first-order valence-corrected chi connectivity index (χ1v) is 19.8. The Morgan fingerprint density at radius 2 is 1.35 bits per heavy atom. The van der Waals surface area contributed by atoms with Crippen LogP contribution in [-0.2, 0) is 23.7 Å². The number of ether oxygens (including phenoxy) is 5. The lowest BCUT2D eigenvalue weighted by atomic mass is 9.44. The molecule has 4 saturated carbocycles.